The Bertz CT molecular complexity index is 2420. The standard InChI is InChI=1S/C36H28F2N8O2/c37-25-11-8-24(29(38)17-25)19-44-30-20-43(16-14-27(30)28-7-4-15-40-33(28)44)35(47)23-9-12-26(13-10-23)46-31-32(39)41-21-42-34(31)45(36(46)48)18-22-5-2-1-3-6-22/h1-13,15,17,21H,14,16,18-20H2,(H2,39,41,42). The number of hydrogen-bond acceptors (Lipinski definition) is 6. The van der Waals surface area contributed by atoms with Gasteiger partial charge in [-0.25, -0.2) is 28.5 Å². The lowest BCUT2D eigenvalue weighted by atomic mass is 10.0. The fraction of sp³-hybridized carbons (Fsp3) is 0.139. The van der Waals surface area contributed by atoms with E-state index in [9.17, 15) is 18.4 Å². The molecule has 238 valence electrons. The van der Waals surface area contributed by atoms with Crippen LogP contribution in [0.15, 0.2) is 102 Å². The number of hydrogen-bond donors (Lipinski definition) is 1. The molecule has 10 nitrogen and oxygen atoms in total. The lowest BCUT2D eigenvalue weighted by molar-refractivity contribution is 0.0730. The van der Waals surface area contributed by atoms with Crippen molar-refractivity contribution in [3.05, 3.63) is 148 Å². The predicted molar refractivity (Wildman–Crippen MR) is 177 cm³/mol. The molecule has 0 fully saturated rings. The second kappa shape index (κ2) is 11.6. The zero-order valence-electron chi connectivity index (χ0n) is 25.6. The molecule has 0 aliphatic carbocycles. The van der Waals surface area contributed by atoms with Crippen molar-refractivity contribution in [1.82, 2.24) is 33.6 Å². The van der Waals surface area contributed by atoms with Gasteiger partial charge in [-0.1, -0.05) is 36.4 Å². The van der Waals surface area contributed by atoms with Crippen LogP contribution in [0.3, 0.4) is 0 Å². The Hall–Kier alpha value is -6.17. The van der Waals surface area contributed by atoms with Gasteiger partial charge in [0.05, 0.1) is 25.3 Å². The number of fused-ring (bicyclic) bond motifs is 4. The summed E-state index contributed by atoms with van der Waals surface area (Å²) in [6.07, 6.45) is 3.61. The molecule has 0 saturated heterocycles. The van der Waals surface area contributed by atoms with E-state index in [1.165, 1.54) is 23.0 Å². The fourth-order valence-corrected chi connectivity index (χ4v) is 6.61. The molecule has 0 radical (unpaired) electrons. The van der Waals surface area contributed by atoms with Crippen molar-refractivity contribution in [3.63, 3.8) is 0 Å². The van der Waals surface area contributed by atoms with E-state index in [0.717, 1.165) is 28.3 Å². The van der Waals surface area contributed by atoms with Crippen LogP contribution >= 0.6 is 0 Å². The molecular weight excluding hydrogens is 614 g/mol. The third-order valence-electron chi connectivity index (χ3n) is 8.93. The molecular formula is C36H28F2N8O2. The van der Waals surface area contributed by atoms with Crippen LogP contribution in [0.5, 0.6) is 0 Å². The van der Waals surface area contributed by atoms with E-state index in [1.807, 2.05) is 47.0 Å². The Morgan fingerprint density at radius 2 is 1.67 bits per heavy atom. The molecule has 1 aliphatic heterocycles. The van der Waals surface area contributed by atoms with Gasteiger partial charge in [-0.15, -0.1) is 0 Å². The summed E-state index contributed by atoms with van der Waals surface area (Å²) < 4.78 is 33.3. The fourth-order valence-electron chi connectivity index (χ4n) is 6.61. The van der Waals surface area contributed by atoms with Crippen molar-refractivity contribution in [1.29, 1.82) is 0 Å². The van der Waals surface area contributed by atoms with Gasteiger partial charge in [0.1, 0.15) is 29.1 Å². The molecule has 0 bridgehead atoms. The van der Waals surface area contributed by atoms with E-state index in [4.69, 9.17) is 5.73 Å². The summed E-state index contributed by atoms with van der Waals surface area (Å²) >= 11 is 0. The largest absolute Gasteiger partial charge is 0.382 e. The van der Waals surface area contributed by atoms with Crippen molar-refractivity contribution < 1.29 is 13.6 Å². The average Bonchev–Trinajstić information content (AvgIpc) is 3.57. The second-order valence-corrected chi connectivity index (χ2v) is 11.8. The molecule has 8 rings (SSSR count). The molecule has 3 aromatic carbocycles. The number of nitrogen functional groups attached to an aromatic ring is 1. The van der Waals surface area contributed by atoms with E-state index >= 15 is 0 Å². The van der Waals surface area contributed by atoms with Gasteiger partial charge in [0.25, 0.3) is 5.91 Å². The van der Waals surface area contributed by atoms with Gasteiger partial charge in [0.15, 0.2) is 11.5 Å². The van der Waals surface area contributed by atoms with E-state index in [2.05, 4.69) is 15.0 Å². The van der Waals surface area contributed by atoms with E-state index in [1.54, 1.807) is 39.9 Å². The van der Waals surface area contributed by atoms with Crippen molar-refractivity contribution in [2.75, 3.05) is 12.3 Å². The molecule has 5 heterocycles. The van der Waals surface area contributed by atoms with Gasteiger partial charge in [-0.3, -0.25) is 13.9 Å². The van der Waals surface area contributed by atoms with E-state index in [0.29, 0.717) is 53.1 Å². The summed E-state index contributed by atoms with van der Waals surface area (Å²) in [5.41, 5.74) is 11.5. The Kier molecular flexibility index (Phi) is 7.05. The van der Waals surface area contributed by atoms with Crippen LogP contribution in [0.2, 0.25) is 0 Å². The van der Waals surface area contributed by atoms with Crippen LogP contribution in [-0.2, 0) is 26.1 Å². The number of imidazole rings is 1. The zero-order chi connectivity index (χ0) is 32.9. The minimum Gasteiger partial charge on any atom is -0.382 e. The SMILES string of the molecule is Nc1ncnc2c1n(-c1ccc(C(=O)N3CCc4c(n(Cc5ccc(F)cc5F)c5ncccc45)C3)cc1)c(=O)n2Cc1ccccc1. The highest BCUT2D eigenvalue weighted by Gasteiger charge is 2.28. The molecule has 0 atom stereocenters. The lowest BCUT2D eigenvalue weighted by Crippen LogP contribution is -2.36. The number of amides is 1. The highest BCUT2D eigenvalue weighted by Crippen LogP contribution is 2.32. The maximum absolute atomic E-state index is 14.7. The smallest absolute Gasteiger partial charge is 0.335 e. The number of halogens is 2. The van der Waals surface area contributed by atoms with Crippen LogP contribution in [0.4, 0.5) is 14.6 Å². The van der Waals surface area contributed by atoms with Crippen LogP contribution in [0, 0.1) is 11.6 Å². The average molecular weight is 643 g/mol. The summed E-state index contributed by atoms with van der Waals surface area (Å²) in [6.45, 7) is 1.21. The van der Waals surface area contributed by atoms with Crippen molar-refractivity contribution >= 4 is 33.9 Å². The number of carbonyl (C=O) groups is 1. The van der Waals surface area contributed by atoms with Gasteiger partial charge in [0, 0.05) is 41.0 Å². The number of rotatable bonds is 6. The number of pyridine rings is 1. The topological polar surface area (TPSA) is 117 Å². The molecule has 1 aliphatic rings. The summed E-state index contributed by atoms with van der Waals surface area (Å²) in [5, 5.41) is 0.951. The number of carbonyl (C=O) groups excluding carboxylic acids is 1. The number of anilines is 1. The van der Waals surface area contributed by atoms with Crippen molar-refractivity contribution in [3.8, 4) is 5.69 Å². The van der Waals surface area contributed by atoms with Crippen LogP contribution in [-0.4, -0.2) is 46.0 Å². The predicted octanol–water partition coefficient (Wildman–Crippen LogP) is 5.09. The molecule has 12 heteroatoms. The maximum Gasteiger partial charge on any atom is 0.335 e. The van der Waals surface area contributed by atoms with Crippen molar-refractivity contribution in [2.24, 2.45) is 0 Å². The van der Waals surface area contributed by atoms with Crippen LogP contribution in [0.1, 0.15) is 32.7 Å². The van der Waals surface area contributed by atoms with Gasteiger partial charge < -0.3 is 15.2 Å². The number of aromatic nitrogens is 6. The molecule has 0 saturated carbocycles. The number of nitrogens with zero attached hydrogens (tertiary/aromatic N) is 7. The van der Waals surface area contributed by atoms with Crippen LogP contribution in [0.25, 0.3) is 27.9 Å². The highest BCUT2D eigenvalue weighted by atomic mass is 19.1. The Morgan fingerprint density at radius 1 is 0.854 bits per heavy atom. The second-order valence-electron chi connectivity index (χ2n) is 11.8. The highest BCUT2D eigenvalue weighted by molar-refractivity contribution is 5.95. The van der Waals surface area contributed by atoms with E-state index < -0.39 is 11.6 Å². The third-order valence-corrected chi connectivity index (χ3v) is 8.93. The van der Waals surface area contributed by atoms with E-state index in [-0.39, 0.29) is 30.5 Å². The van der Waals surface area contributed by atoms with Gasteiger partial charge in [0.2, 0.25) is 0 Å². The summed E-state index contributed by atoms with van der Waals surface area (Å²) in [7, 11) is 0. The minimum absolute atomic E-state index is 0.144. The molecule has 0 unspecified atom stereocenters. The molecule has 48 heavy (non-hydrogen) atoms. The first-order chi connectivity index (χ1) is 23.4. The molecule has 1 amide bonds. The van der Waals surface area contributed by atoms with Gasteiger partial charge in [-0.05, 0) is 60.0 Å². The lowest BCUT2D eigenvalue weighted by Gasteiger charge is -2.29. The normalized spacial score (nSPS) is 12.9. The third kappa shape index (κ3) is 4.89. The molecule has 4 aromatic heterocycles. The summed E-state index contributed by atoms with van der Waals surface area (Å²) in [6, 6.07) is 23.8. The molecule has 2 N–H and O–H groups in total. The number of benzene rings is 3. The van der Waals surface area contributed by atoms with Crippen molar-refractivity contribution in [2.45, 2.75) is 26.1 Å². The molecule has 0 spiro atoms. The first-order valence-electron chi connectivity index (χ1n) is 15.4. The van der Waals surface area contributed by atoms with Gasteiger partial charge in [-0.2, -0.15) is 0 Å². The number of nitrogens with two attached hydrogens (primary N) is 1. The monoisotopic (exact) mass is 642 g/mol. The first-order valence-corrected chi connectivity index (χ1v) is 15.4. The Labute approximate surface area is 272 Å². The van der Waals surface area contributed by atoms with Crippen LogP contribution < -0.4 is 11.4 Å². The Morgan fingerprint density at radius 3 is 2.46 bits per heavy atom. The summed E-state index contributed by atoms with van der Waals surface area (Å²) in [4.78, 5) is 42.5. The summed E-state index contributed by atoms with van der Waals surface area (Å²) in [5.74, 6) is -1.30. The quantitative estimate of drug-likeness (QED) is 0.270. The van der Waals surface area contributed by atoms with Gasteiger partial charge >= 0.3 is 5.69 Å². The molecule has 7 aromatic rings. The Balaban J connectivity index is 1.11. The maximum atomic E-state index is 14.7. The minimum atomic E-state index is -0.642. The zero-order valence-corrected chi connectivity index (χ0v) is 25.6. The first kappa shape index (κ1) is 29.2.